The first-order valence-electron chi connectivity index (χ1n) is 7.05. The van der Waals surface area contributed by atoms with Crippen molar-refractivity contribution in [3.63, 3.8) is 0 Å². The van der Waals surface area contributed by atoms with Gasteiger partial charge in [-0.2, -0.15) is 0 Å². The van der Waals surface area contributed by atoms with E-state index in [-0.39, 0.29) is 5.82 Å². The van der Waals surface area contributed by atoms with Crippen LogP contribution in [0, 0.1) is 5.82 Å². The smallest absolute Gasteiger partial charge is 0.123 e. The fraction of sp³-hybridized carbons (Fsp3) is 0.600. The molecule has 0 amide bonds. The van der Waals surface area contributed by atoms with Gasteiger partial charge in [-0.1, -0.05) is 12.1 Å². The van der Waals surface area contributed by atoms with Gasteiger partial charge in [0.1, 0.15) is 5.82 Å². The summed E-state index contributed by atoms with van der Waals surface area (Å²) in [6, 6.07) is 6.64. The van der Waals surface area contributed by atoms with Gasteiger partial charge in [-0.25, -0.2) is 4.39 Å². The fourth-order valence-electron chi connectivity index (χ4n) is 2.57. The first kappa shape index (κ1) is 14.4. The van der Waals surface area contributed by atoms with E-state index in [0.717, 1.165) is 6.54 Å². The Morgan fingerprint density at radius 2 is 2.05 bits per heavy atom. The van der Waals surface area contributed by atoms with Crippen molar-refractivity contribution in [2.45, 2.75) is 31.9 Å². The summed E-state index contributed by atoms with van der Waals surface area (Å²) in [5, 5.41) is 13.2. The third-order valence-corrected chi connectivity index (χ3v) is 3.77. The summed E-state index contributed by atoms with van der Waals surface area (Å²) in [6.07, 6.45) is 1.92. The van der Waals surface area contributed by atoms with Crippen LogP contribution in [0.4, 0.5) is 4.39 Å². The molecule has 1 heterocycles. The molecule has 0 spiro atoms. The molecule has 0 aromatic heterocycles. The van der Waals surface area contributed by atoms with Crippen LogP contribution in [0.1, 0.15) is 31.4 Å². The highest BCUT2D eigenvalue weighted by Crippen LogP contribution is 2.14. The molecule has 4 heteroatoms. The molecule has 2 N–H and O–H groups in total. The van der Waals surface area contributed by atoms with E-state index in [1.54, 1.807) is 12.1 Å². The normalized spacial score (nSPS) is 19.5. The minimum atomic E-state index is -0.651. The van der Waals surface area contributed by atoms with Crippen molar-refractivity contribution in [2.75, 3.05) is 26.2 Å². The number of aliphatic hydroxyl groups excluding tert-OH is 1. The summed E-state index contributed by atoms with van der Waals surface area (Å²) in [6.45, 7) is 5.87. The Morgan fingerprint density at radius 1 is 1.32 bits per heavy atom. The summed E-state index contributed by atoms with van der Waals surface area (Å²) in [5.74, 6) is -0.304. The Morgan fingerprint density at radius 3 is 2.74 bits per heavy atom. The topological polar surface area (TPSA) is 35.5 Å². The standard InChI is InChI=1S/C15H23FN2O/c1-12(18-7-2-3-8-18)10-17-11-15(19)13-5-4-6-14(16)9-13/h4-6,9,12,15,17,19H,2-3,7-8,10-11H2,1H3. The van der Waals surface area contributed by atoms with Crippen LogP contribution in [0.3, 0.4) is 0 Å². The third kappa shape index (κ3) is 4.27. The van der Waals surface area contributed by atoms with Gasteiger partial charge in [-0.15, -0.1) is 0 Å². The quantitative estimate of drug-likeness (QED) is 0.826. The lowest BCUT2D eigenvalue weighted by atomic mass is 10.1. The molecular weight excluding hydrogens is 243 g/mol. The molecule has 0 bridgehead atoms. The average molecular weight is 266 g/mol. The maximum atomic E-state index is 13.0. The lowest BCUT2D eigenvalue weighted by Crippen LogP contribution is -2.39. The molecule has 0 aliphatic carbocycles. The van der Waals surface area contributed by atoms with Gasteiger partial charge in [-0.3, -0.25) is 4.90 Å². The van der Waals surface area contributed by atoms with Crippen LogP contribution in [0.25, 0.3) is 0 Å². The molecule has 19 heavy (non-hydrogen) atoms. The largest absolute Gasteiger partial charge is 0.387 e. The van der Waals surface area contributed by atoms with Crippen LogP contribution in [-0.4, -0.2) is 42.2 Å². The van der Waals surface area contributed by atoms with Crippen LogP contribution >= 0.6 is 0 Å². The number of halogens is 1. The number of rotatable bonds is 6. The Labute approximate surface area is 114 Å². The molecular formula is C15H23FN2O. The number of nitrogens with one attached hydrogen (secondary N) is 1. The maximum Gasteiger partial charge on any atom is 0.123 e. The first-order chi connectivity index (χ1) is 9.16. The number of nitrogens with zero attached hydrogens (tertiary/aromatic N) is 1. The second-order valence-corrected chi connectivity index (χ2v) is 5.32. The Balaban J connectivity index is 1.72. The molecule has 2 atom stereocenters. The molecule has 106 valence electrons. The number of hydrogen-bond acceptors (Lipinski definition) is 3. The molecule has 2 unspecified atom stereocenters. The summed E-state index contributed by atoms with van der Waals surface area (Å²) < 4.78 is 13.0. The fourth-order valence-corrected chi connectivity index (χ4v) is 2.57. The van der Waals surface area contributed by atoms with Crippen molar-refractivity contribution >= 4 is 0 Å². The molecule has 0 saturated carbocycles. The molecule has 1 aromatic rings. The first-order valence-corrected chi connectivity index (χ1v) is 7.05. The van der Waals surface area contributed by atoms with Crippen molar-refractivity contribution in [3.8, 4) is 0 Å². The number of benzene rings is 1. The van der Waals surface area contributed by atoms with E-state index >= 15 is 0 Å². The number of likely N-dealkylation sites (tertiary alicyclic amines) is 1. The van der Waals surface area contributed by atoms with E-state index in [9.17, 15) is 9.50 Å². The number of aliphatic hydroxyl groups is 1. The van der Waals surface area contributed by atoms with Crippen LogP contribution < -0.4 is 5.32 Å². The highest BCUT2D eigenvalue weighted by atomic mass is 19.1. The molecule has 3 nitrogen and oxygen atoms in total. The molecule has 1 aromatic carbocycles. The van der Waals surface area contributed by atoms with Gasteiger partial charge in [-0.05, 0) is 50.6 Å². The molecule has 0 radical (unpaired) electrons. The van der Waals surface area contributed by atoms with Crippen LogP contribution in [0.5, 0.6) is 0 Å². The molecule has 1 saturated heterocycles. The summed E-state index contributed by atoms with van der Waals surface area (Å²) in [4.78, 5) is 2.46. The second kappa shape index (κ2) is 6.98. The van der Waals surface area contributed by atoms with Gasteiger partial charge in [0.05, 0.1) is 6.10 Å². The lowest BCUT2D eigenvalue weighted by Gasteiger charge is -2.24. The van der Waals surface area contributed by atoms with E-state index in [4.69, 9.17) is 0 Å². The van der Waals surface area contributed by atoms with Gasteiger partial charge in [0.25, 0.3) is 0 Å². The summed E-state index contributed by atoms with van der Waals surface area (Å²) in [7, 11) is 0. The molecule has 1 fully saturated rings. The zero-order valence-corrected chi connectivity index (χ0v) is 11.5. The van der Waals surface area contributed by atoms with Crippen molar-refractivity contribution < 1.29 is 9.50 Å². The van der Waals surface area contributed by atoms with E-state index in [1.165, 1.54) is 38.1 Å². The summed E-state index contributed by atoms with van der Waals surface area (Å²) in [5.41, 5.74) is 0.626. The zero-order chi connectivity index (χ0) is 13.7. The van der Waals surface area contributed by atoms with Gasteiger partial charge >= 0.3 is 0 Å². The highest BCUT2D eigenvalue weighted by molar-refractivity contribution is 5.18. The molecule has 1 aliphatic heterocycles. The third-order valence-electron chi connectivity index (χ3n) is 3.77. The molecule has 1 aliphatic rings. The van der Waals surface area contributed by atoms with E-state index in [1.807, 2.05) is 0 Å². The maximum absolute atomic E-state index is 13.0. The van der Waals surface area contributed by atoms with Gasteiger partial charge in [0, 0.05) is 19.1 Å². The van der Waals surface area contributed by atoms with Crippen molar-refractivity contribution in [3.05, 3.63) is 35.6 Å². The minimum absolute atomic E-state index is 0.304. The van der Waals surface area contributed by atoms with Crippen molar-refractivity contribution in [1.29, 1.82) is 0 Å². The van der Waals surface area contributed by atoms with Gasteiger partial charge in [0.2, 0.25) is 0 Å². The van der Waals surface area contributed by atoms with Crippen molar-refractivity contribution in [2.24, 2.45) is 0 Å². The highest BCUT2D eigenvalue weighted by Gasteiger charge is 2.17. The van der Waals surface area contributed by atoms with Gasteiger partial charge < -0.3 is 10.4 Å². The predicted molar refractivity (Wildman–Crippen MR) is 74.5 cm³/mol. The van der Waals surface area contributed by atoms with Gasteiger partial charge in [0.15, 0.2) is 0 Å². The Bertz CT molecular complexity index is 393. The zero-order valence-electron chi connectivity index (χ0n) is 11.5. The second-order valence-electron chi connectivity index (χ2n) is 5.32. The predicted octanol–water partition coefficient (Wildman–Crippen LogP) is 1.93. The van der Waals surface area contributed by atoms with E-state index in [2.05, 4.69) is 17.1 Å². The Hall–Kier alpha value is -0.970. The summed E-state index contributed by atoms with van der Waals surface area (Å²) >= 11 is 0. The minimum Gasteiger partial charge on any atom is -0.387 e. The molecule has 2 rings (SSSR count). The van der Waals surface area contributed by atoms with Crippen LogP contribution in [0.15, 0.2) is 24.3 Å². The van der Waals surface area contributed by atoms with Crippen LogP contribution in [0.2, 0.25) is 0 Å². The van der Waals surface area contributed by atoms with E-state index < -0.39 is 6.10 Å². The Kier molecular flexibility index (Phi) is 5.31. The monoisotopic (exact) mass is 266 g/mol. The van der Waals surface area contributed by atoms with Crippen LogP contribution in [-0.2, 0) is 0 Å². The SMILES string of the molecule is CC(CNCC(O)c1cccc(F)c1)N1CCCC1. The van der Waals surface area contributed by atoms with E-state index in [0.29, 0.717) is 18.2 Å². The number of hydrogen-bond donors (Lipinski definition) is 2. The lowest BCUT2D eigenvalue weighted by molar-refractivity contribution is 0.167. The average Bonchev–Trinajstić information content (AvgIpc) is 2.92. The van der Waals surface area contributed by atoms with Crippen molar-refractivity contribution in [1.82, 2.24) is 10.2 Å².